The Kier molecular flexibility index (Phi) is 7.28. The summed E-state index contributed by atoms with van der Waals surface area (Å²) in [5.74, 6) is 0.339. The SMILES string of the molecule is COc1ccc(C[C@@H](N)C(=O)N(C)[C@H]2CC[C@@H](C(=O)OCC3c4ccccc4-c4ccccc43)C2)cc1. The number of nitrogens with two attached hydrogens (primary N) is 1. The molecule has 6 nitrogen and oxygen atoms in total. The minimum absolute atomic E-state index is 0.0140. The van der Waals surface area contributed by atoms with Crippen LogP contribution >= 0.6 is 0 Å². The number of benzene rings is 3. The van der Waals surface area contributed by atoms with Crippen molar-refractivity contribution in [3.63, 3.8) is 0 Å². The maximum absolute atomic E-state index is 13.0. The second-order valence-corrected chi connectivity index (χ2v) is 10.1. The molecule has 0 unspecified atom stereocenters. The van der Waals surface area contributed by atoms with E-state index < -0.39 is 6.04 Å². The van der Waals surface area contributed by atoms with Crippen molar-refractivity contribution in [1.82, 2.24) is 4.90 Å². The van der Waals surface area contributed by atoms with Crippen molar-refractivity contribution in [1.29, 1.82) is 0 Å². The zero-order chi connectivity index (χ0) is 25.9. The molecule has 37 heavy (non-hydrogen) atoms. The van der Waals surface area contributed by atoms with Gasteiger partial charge in [0.15, 0.2) is 0 Å². The highest BCUT2D eigenvalue weighted by atomic mass is 16.5. The highest BCUT2D eigenvalue weighted by molar-refractivity contribution is 5.82. The molecule has 0 aromatic heterocycles. The average molecular weight is 499 g/mol. The lowest BCUT2D eigenvalue weighted by atomic mass is 9.98. The molecule has 3 aromatic rings. The maximum Gasteiger partial charge on any atom is 0.309 e. The van der Waals surface area contributed by atoms with Gasteiger partial charge in [-0.05, 0) is 65.6 Å². The average Bonchev–Trinajstić information content (AvgIpc) is 3.55. The molecule has 0 aliphatic heterocycles. The van der Waals surface area contributed by atoms with E-state index in [9.17, 15) is 9.59 Å². The third-order valence-corrected chi connectivity index (χ3v) is 7.92. The lowest BCUT2D eigenvalue weighted by Gasteiger charge is -2.27. The highest BCUT2D eigenvalue weighted by Crippen LogP contribution is 2.44. The van der Waals surface area contributed by atoms with E-state index in [0.29, 0.717) is 25.9 Å². The molecule has 1 fully saturated rings. The van der Waals surface area contributed by atoms with Crippen molar-refractivity contribution in [2.24, 2.45) is 11.7 Å². The largest absolute Gasteiger partial charge is 0.497 e. The Morgan fingerprint density at radius 3 is 2.19 bits per heavy atom. The Labute approximate surface area is 218 Å². The first-order chi connectivity index (χ1) is 18.0. The van der Waals surface area contributed by atoms with Crippen LogP contribution in [0.2, 0.25) is 0 Å². The number of carbonyl (C=O) groups excluding carboxylic acids is 2. The summed E-state index contributed by atoms with van der Waals surface area (Å²) in [7, 11) is 3.41. The molecule has 0 bridgehead atoms. The third-order valence-electron chi connectivity index (χ3n) is 7.92. The molecule has 1 saturated carbocycles. The van der Waals surface area contributed by atoms with Gasteiger partial charge in [0.05, 0.1) is 19.1 Å². The van der Waals surface area contributed by atoms with Crippen LogP contribution in [0.3, 0.4) is 0 Å². The first-order valence-corrected chi connectivity index (χ1v) is 13.0. The molecule has 0 heterocycles. The van der Waals surface area contributed by atoms with Crippen molar-refractivity contribution < 1.29 is 19.1 Å². The fourth-order valence-electron chi connectivity index (χ4n) is 5.79. The minimum Gasteiger partial charge on any atom is -0.497 e. The van der Waals surface area contributed by atoms with Crippen LogP contribution in [0.5, 0.6) is 5.75 Å². The van der Waals surface area contributed by atoms with Crippen LogP contribution in [-0.4, -0.2) is 49.6 Å². The van der Waals surface area contributed by atoms with Crippen molar-refractivity contribution in [2.75, 3.05) is 20.8 Å². The van der Waals surface area contributed by atoms with Gasteiger partial charge in [-0.25, -0.2) is 0 Å². The van der Waals surface area contributed by atoms with E-state index in [-0.39, 0.29) is 29.8 Å². The number of methoxy groups -OCH3 is 1. The summed E-state index contributed by atoms with van der Waals surface area (Å²) < 4.78 is 11.1. The summed E-state index contributed by atoms with van der Waals surface area (Å²) in [6.07, 6.45) is 2.54. The van der Waals surface area contributed by atoms with Crippen LogP contribution in [-0.2, 0) is 20.7 Å². The van der Waals surface area contributed by atoms with Gasteiger partial charge in [-0.1, -0.05) is 60.7 Å². The molecule has 2 N–H and O–H groups in total. The zero-order valence-electron chi connectivity index (χ0n) is 21.4. The van der Waals surface area contributed by atoms with Crippen LogP contribution in [0.25, 0.3) is 11.1 Å². The number of hydrogen-bond acceptors (Lipinski definition) is 5. The van der Waals surface area contributed by atoms with Gasteiger partial charge in [-0.15, -0.1) is 0 Å². The van der Waals surface area contributed by atoms with E-state index in [1.54, 1.807) is 19.1 Å². The lowest BCUT2D eigenvalue weighted by Crippen LogP contribution is -2.46. The molecule has 0 saturated heterocycles. The topological polar surface area (TPSA) is 81.9 Å². The number of hydrogen-bond donors (Lipinski definition) is 1. The summed E-state index contributed by atoms with van der Waals surface area (Å²) >= 11 is 0. The standard InChI is InChI=1S/C31H34N2O4/c1-33(30(34)29(32)17-20-11-15-23(36-2)16-12-20)22-14-13-21(18-22)31(35)37-19-28-26-9-5-3-7-24(26)25-8-4-6-10-27(25)28/h3-12,15-16,21-22,28-29H,13-14,17-19,32H2,1-2H3/t21-,22+,29-/m1/s1. The van der Waals surface area contributed by atoms with E-state index in [1.807, 2.05) is 48.5 Å². The maximum atomic E-state index is 13.0. The number of fused-ring (bicyclic) bond motifs is 3. The lowest BCUT2D eigenvalue weighted by molar-refractivity contribution is -0.149. The van der Waals surface area contributed by atoms with E-state index >= 15 is 0 Å². The van der Waals surface area contributed by atoms with Crippen LogP contribution in [0.4, 0.5) is 0 Å². The molecule has 0 radical (unpaired) electrons. The number of nitrogens with zero attached hydrogens (tertiary/aromatic N) is 1. The first-order valence-electron chi connectivity index (χ1n) is 13.0. The zero-order valence-corrected chi connectivity index (χ0v) is 21.4. The molecule has 2 aliphatic carbocycles. The summed E-state index contributed by atoms with van der Waals surface area (Å²) in [6, 6.07) is 23.6. The van der Waals surface area contributed by atoms with Crippen LogP contribution in [0.15, 0.2) is 72.8 Å². The molecular formula is C31H34N2O4. The summed E-state index contributed by atoms with van der Waals surface area (Å²) in [5.41, 5.74) is 12.1. The Hall–Kier alpha value is -3.64. The predicted molar refractivity (Wildman–Crippen MR) is 143 cm³/mol. The molecule has 1 amide bonds. The Bertz CT molecular complexity index is 1230. The normalized spacial score (nSPS) is 19.1. The van der Waals surface area contributed by atoms with Crippen LogP contribution in [0.1, 0.15) is 41.9 Å². The van der Waals surface area contributed by atoms with Gasteiger partial charge in [0.1, 0.15) is 12.4 Å². The Morgan fingerprint density at radius 1 is 0.946 bits per heavy atom. The first kappa shape index (κ1) is 25.0. The molecule has 6 heteroatoms. The van der Waals surface area contributed by atoms with Crippen LogP contribution < -0.4 is 10.5 Å². The fourth-order valence-corrected chi connectivity index (χ4v) is 5.79. The van der Waals surface area contributed by atoms with E-state index in [4.69, 9.17) is 15.2 Å². The van der Waals surface area contributed by atoms with Gasteiger partial charge in [-0.2, -0.15) is 0 Å². The van der Waals surface area contributed by atoms with Crippen molar-refractivity contribution in [3.05, 3.63) is 89.5 Å². The Balaban J connectivity index is 1.15. The molecule has 3 atom stereocenters. The van der Waals surface area contributed by atoms with Gasteiger partial charge >= 0.3 is 5.97 Å². The summed E-state index contributed by atoms with van der Waals surface area (Å²) in [5, 5.41) is 0. The second kappa shape index (κ2) is 10.8. The number of likely N-dealkylation sites (N-methyl/N-ethyl adjacent to an activating group) is 1. The number of ether oxygens (including phenoxy) is 2. The fraction of sp³-hybridized carbons (Fsp3) is 0.355. The smallest absolute Gasteiger partial charge is 0.309 e. The molecule has 3 aromatic carbocycles. The molecule has 0 spiro atoms. The van der Waals surface area contributed by atoms with Crippen LogP contribution in [0, 0.1) is 5.92 Å². The molecule has 192 valence electrons. The molecule has 5 rings (SSSR count). The summed E-state index contributed by atoms with van der Waals surface area (Å²) in [6.45, 7) is 0.329. The van der Waals surface area contributed by atoms with Gasteiger partial charge in [0.2, 0.25) is 5.91 Å². The van der Waals surface area contributed by atoms with E-state index in [2.05, 4.69) is 24.3 Å². The highest BCUT2D eigenvalue weighted by Gasteiger charge is 2.37. The minimum atomic E-state index is -0.633. The van der Waals surface area contributed by atoms with E-state index in [1.165, 1.54) is 22.3 Å². The van der Waals surface area contributed by atoms with E-state index in [0.717, 1.165) is 17.7 Å². The second-order valence-electron chi connectivity index (χ2n) is 10.1. The van der Waals surface area contributed by atoms with Gasteiger partial charge in [-0.3, -0.25) is 9.59 Å². The van der Waals surface area contributed by atoms with Crippen molar-refractivity contribution in [2.45, 2.75) is 43.7 Å². The Morgan fingerprint density at radius 2 is 1.57 bits per heavy atom. The number of carbonyl (C=O) groups is 2. The van der Waals surface area contributed by atoms with Crippen molar-refractivity contribution >= 4 is 11.9 Å². The number of amides is 1. The predicted octanol–water partition coefficient (Wildman–Crippen LogP) is 4.55. The van der Waals surface area contributed by atoms with Gasteiger partial charge in [0.25, 0.3) is 0 Å². The van der Waals surface area contributed by atoms with Gasteiger partial charge < -0.3 is 20.1 Å². The molecule has 2 aliphatic rings. The summed E-state index contributed by atoms with van der Waals surface area (Å²) in [4.78, 5) is 27.8. The third kappa shape index (κ3) is 5.12. The molecular weight excluding hydrogens is 464 g/mol. The van der Waals surface area contributed by atoms with Crippen molar-refractivity contribution in [3.8, 4) is 16.9 Å². The monoisotopic (exact) mass is 498 g/mol. The number of rotatable bonds is 8. The quantitative estimate of drug-likeness (QED) is 0.461. The van der Waals surface area contributed by atoms with Gasteiger partial charge in [0, 0.05) is 19.0 Å². The number of esters is 1.